The van der Waals surface area contributed by atoms with E-state index in [2.05, 4.69) is 0 Å². The van der Waals surface area contributed by atoms with Crippen molar-refractivity contribution in [2.75, 3.05) is 13.2 Å². The van der Waals surface area contributed by atoms with Gasteiger partial charge >= 0.3 is 0 Å². The maximum atomic E-state index is 14.7. The summed E-state index contributed by atoms with van der Waals surface area (Å²) in [6.07, 6.45) is 3.37. The highest BCUT2D eigenvalue weighted by Gasteiger charge is 2.25. The quantitative estimate of drug-likeness (QED) is 0.545. The van der Waals surface area contributed by atoms with Crippen molar-refractivity contribution in [2.24, 2.45) is 0 Å². The third kappa shape index (κ3) is 4.58. The SMILES string of the molecule is CCCCc1ccc(-c2ccc(C3CCC(OCC)CO3)c(F)c2)c(F)c1F. The molecule has 2 aromatic rings. The molecule has 2 nitrogen and oxygen atoms in total. The molecule has 0 spiro atoms. The largest absolute Gasteiger partial charge is 0.376 e. The molecule has 0 aromatic heterocycles. The van der Waals surface area contributed by atoms with E-state index in [1.165, 1.54) is 12.1 Å². The van der Waals surface area contributed by atoms with Gasteiger partial charge in [-0.2, -0.15) is 0 Å². The predicted octanol–water partition coefficient (Wildman–Crippen LogP) is 6.37. The minimum absolute atomic E-state index is 0.0480. The summed E-state index contributed by atoms with van der Waals surface area (Å²) in [5.41, 5.74) is 1.20. The Hall–Kier alpha value is -1.85. The van der Waals surface area contributed by atoms with E-state index in [0.29, 0.717) is 42.7 Å². The van der Waals surface area contributed by atoms with Crippen LogP contribution in [0.3, 0.4) is 0 Å². The van der Waals surface area contributed by atoms with E-state index in [-0.39, 0.29) is 17.8 Å². The maximum absolute atomic E-state index is 14.7. The number of rotatable bonds is 7. The molecule has 5 heteroatoms. The molecule has 0 bridgehead atoms. The van der Waals surface area contributed by atoms with Gasteiger partial charge in [-0.15, -0.1) is 0 Å². The number of hydrogen-bond donors (Lipinski definition) is 0. The van der Waals surface area contributed by atoms with Crippen molar-refractivity contribution in [2.45, 2.75) is 58.2 Å². The van der Waals surface area contributed by atoms with E-state index >= 15 is 0 Å². The third-order valence-corrected chi connectivity index (χ3v) is 5.26. The van der Waals surface area contributed by atoms with Crippen LogP contribution in [0.4, 0.5) is 13.2 Å². The summed E-state index contributed by atoms with van der Waals surface area (Å²) in [7, 11) is 0. The first kappa shape index (κ1) is 20.9. The normalized spacial score (nSPS) is 19.8. The highest BCUT2D eigenvalue weighted by Crippen LogP contribution is 2.34. The Morgan fingerprint density at radius 3 is 2.50 bits per heavy atom. The minimum atomic E-state index is -0.922. The van der Waals surface area contributed by atoms with E-state index in [0.717, 1.165) is 19.3 Å². The molecule has 3 rings (SSSR count). The molecule has 1 heterocycles. The second-order valence-electron chi connectivity index (χ2n) is 7.22. The molecular formula is C23H27F3O2. The highest BCUT2D eigenvalue weighted by atomic mass is 19.2. The van der Waals surface area contributed by atoms with Crippen LogP contribution in [0.5, 0.6) is 0 Å². The van der Waals surface area contributed by atoms with E-state index in [9.17, 15) is 13.2 Å². The molecule has 0 saturated carbocycles. The van der Waals surface area contributed by atoms with Gasteiger partial charge in [-0.05, 0) is 49.8 Å². The lowest BCUT2D eigenvalue weighted by Gasteiger charge is -2.29. The van der Waals surface area contributed by atoms with Crippen LogP contribution >= 0.6 is 0 Å². The third-order valence-electron chi connectivity index (χ3n) is 5.26. The fraction of sp³-hybridized carbons (Fsp3) is 0.478. The highest BCUT2D eigenvalue weighted by molar-refractivity contribution is 5.65. The number of halogens is 3. The Balaban J connectivity index is 1.78. The molecular weight excluding hydrogens is 365 g/mol. The van der Waals surface area contributed by atoms with Gasteiger partial charge in [0, 0.05) is 17.7 Å². The molecule has 0 aliphatic carbocycles. The Kier molecular flexibility index (Phi) is 7.13. The summed E-state index contributed by atoms with van der Waals surface area (Å²) in [5, 5.41) is 0. The topological polar surface area (TPSA) is 18.5 Å². The van der Waals surface area contributed by atoms with Crippen molar-refractivity contribution >= 4 is 0 Å². The van der Waals surface area contributed by atoms with Crippen LogP contribution in [0, 0.1) is 17.5 Å². The number of benzene rings is 2. The Bertz CT molecular complexity index is 799. The van der Waals surface area contributed by atoms with Gasteiger partial charge in [-0.1, -0.05) is 37.6 Å². The van der Waals surface area contributed by atoms with Gasteiger partial charge in [0.1, 0.15) is 5.82 Å². The second kappa shape index (κ2) is 9.57. The minimum Gasteiger partial charge on any atom is -0.376 e. The maximum Gasteiger partial charge on any atom is 0.166 e. The van der Waals surface area contributed by atoms with Crippen molar-refractivity contribution in [3.05, 3.63) is 58.9 Å². The van der Waals surface area contributed by atoms with Crippen LogP contribution in [-0.2, 0) is 15.9 Å². The van der Waals surface area contributed by atoms with Gasteiger partial charge in [0.05, 0.1) is 18.8 Å². The number of aryl methyl sites for hydroxylation is 1. The summed E-state index contributed by atoms with van der Waals surface area (Å²) in [5.74, 6) is -2.23. The molecule has 0 amide bonds. The molecule has 2 atom stereocenters. The molecule has 28 heavy (non-hydrogen) atoms. The fourth-order valence-electron chi connectivity index (χ4n) is 3.67. The van der Waals surface area contributed by atoms with Crippen molar-refractivity contribution < 1.29 is 22.6 Å². The van der Waals surface area contributed by atoms with Crippen LogP contribution < -0.4 is 0 Å². The van der Waals surface area contributed by atoms with Crippen molar-refractivity contribution in [3.63, 3.8) is 0 Å². The van der Waals surface area contributed by atoms with Gasteiger partial charge in [0.15, 0.2) is 11.6 Å². The summed E-state index contributed by atoms with van der Waals surface area (Å²) in [6.45, 7) is 4.99. The van der Waals surface area contributed by atoms with E-state index in [1.807, 2.05) is 13.8 Å². The van der Waals surface area contributed by atoms with Crippen LogP contribution in [0.2, 0.25) is 0 Å². The molecule has 0 radical (unpaired) electrons. The number of hydrogen-bond acceptors (Lipinski definition) is 2. The van der Waals surface area contributed by atoms with Crippen LogP contribution in [-0.4, -0.2) is 19.3 Å². The van der Waals surface area contributed by atoms with Gasteiger partial charge in [0.25, 0.3) is 0 Å². The second-order valence-corrected chi connectivity index (χ2v) is 7.22. The van der Waals surface area contributed by atoms with Crippen molar-refractivity contribution in [1.29, 1.82) is 0 Å². The zero-order valence-electron chi connectivity index (χ0n) is 16.4. The van der Waals surface area contributed by atoms with Crippen LogP contribution in [0.1, 0.15) is 56.8 Å². The first-order valence-corrected chi connectivity index (χ1v) is 10.0. The zero-order valence-corrected chi connectivity index (χ0v) is 16.4. The molecule has 152 valence electrons. The average Bonchev–Trinajstić information content (AvgIpc) is 2.70. The summed E-state index contributed by atoms with van der Waals surface area (Å²) in [6, 6.07) is 7.62. The van der Waals surface area contributed by atoms with E-state index in [4.69, 9.17) is 9.47 Å². The lowest BCUT2D eigenvalue weighted by Crippen LogP contribution is -2.27. The Morgan fingerprint density at radius 1 is 1.04 bits per heavy atom. The zero-order chi connectivity index (χ0) is 20.1. The summed E-state index contributed by atoms with van der Waals surface area (Å²) < 4.78 is 54.9. The molecule has 1 saturated heterocycles. The molecule has 1 aliphatic rings. The summed E-state index contributed by atoms with van der Waals surface area (Å²) in [4.78, 5) is 0. The van der Waals surface area contributed by atoms with Gasteiger partial charge in [-0.3, -0.25) is 0 Å². The van der Waals surface area contributed by atoms with Crippen LogP contribution in [0.25, 0.3) is 11.1 Å². The fourth-order valence-corrected chi connectivity index (χ4v) is 3.67. The molecule has 2 unspecified atom stereocenters. The van der Waals surface area contributed by atoms with Gasteiger partial charge in [-0.25, -0.2) is 13.2 Å². The van der Waals surface area contributed by atoms with Gasteiger partial charge in [0.2, 0.25) is 0 Å². The lowest BCUT2D eigenvalue weighted by molar-refractivity contribution is -0.0849. The van der Waals surface area contributed by atoms with E-state index in [1.54, 1.807) is 18.2 Å². The first-order chi connectivity index (χ1) is 13.5. The smallest absolute Gasteiger partial charge is 0.166 e. The molecule has 2 aromatic carbocycles. The van der Waals surface area contributed by atoms with Crippen LogP contribution in [0.15, 0.2) is 30.3 Å². The van der Waals surface area contributed by atoms with E-state index < -0.39 is 17.5 Å². The predicted molar refractivity (Wildman–Crippen MR) is 104 cm³/mol. The van der Waals surface area contributed by atoms with Crippen molar-refractivity contribution in [3.8, 4) is 11.1 Å². The summed E-state index contributed by atoms with van der Waals surface area (Å²) >= 11 is 0. The lowest BCUT2D eigenvalue weighted by atomic mass is 9.95. The molecule has 0 N–H and O–H groups in total. The first-order valence-electron chi connectivity index (χ1n) is 10.0. The van der Waals surface area contributed by atoms with Crippen molar-refractivity contribution in [1.82, 2.24) is 0 Å². The molecule has 1 fully saturated rings. The monoisotopic (exact) mass is 392 g/mol. The average molecular weight is 392 g/mol. The standard InChI is InChI=1S/C23H27F3O2/c1-3-5-6-15-7-10-18(23(26)22(15)25)16-8-11-19(20(24)13-16)21-12-9-17(14-28-21)27-4-2/h7-8,10-11,13,17,21H,3-6,9,12,14H2,1-2H3. The number of unbranched alkanes of at least 4 members (excludes halogenated alkanes) is 1. The Morgan fingerprint density at radius 2 is 1.86 bits per heavy atom. The van der Waals surface area contributed by atoms with Gasteiger partial charge < -0.3 is 9.47 Å². The number of ether oxygens (including phenoxy) is 2. The molecule has 1 aliphatic heterocycles. The Labute approximate surface area is 164 Å².